The van der Waals surface area contributed by atoms with E-state index in [9.17, 15) is 33.0 Å². The molecule has 0 amide bonds. The fourth-order valence-corrected chi connectivity index (χ4v) is 3.41. The Morgan fingerprint density at radius 3 is 2.32 bits per heavy atom. The lowest BCUT2D eigenvalue weighted by molar-refractivity contribution is -0.138. The van der Waals surface area contributed by atoms with Crippen molar-refractivity contribution in [2.24, 2.45) is 0 Å². The third-order valence-corrected chi connectivity index (χ3v) is 4.75. The Balaban J connectivity index is 2.34. The predicted molar refractivity (Wildman–Crippen MR) is 95.1 cm³/mol. The number of nitrogens with zero attached hydrogens (tertiary/aromatic N) is 1. The van der Waals surface area contributed by atoms with Gasteiger partial charge in [0.15, 0.2) is 23.2 Å². The van der Waals surface area contributed by atoms with Crippen molar-refractivity contribution in [3.8, 4) is 5.75 Å². The molecule has 2 N–H and O–H groups in total. The minimum absolute atomic E-state index is 0.0252. The van der Waals surface area contributed by atoms with E-state index in [4.69, 9.17) is 0 Å². The molecule has 0 fully saturated rings. The summed E-state index contributed by atoms with van der Waals surface area (Å²) in [5, 5.41) is 19.5. The standard InChI is InChI=1S/C20H16F3NO4/c1-3-11(20(27)28)18-9(2)24(16-8-15(23)17(25)7-12(16)18)19(26)10-4-5-13(21)14(22)6-10/h4-8,11,25H,3H2,1-2H3,(H,27,28). The molecule has 0 bridgehead atoms. The van der Waals surface area contributed by atoms with Gasteiger partial charge in [0, 0.05) is 22.7 Å². The highest BCUT2D eigenvalue weighted by Crippen LogP contribution is 2.37. The Morgan fingerprint density at radius 2 is 1.75 bits per heavy atom. The number of phenols is 1. The third kappa shape index (κ3) is 3.00. The fourth-order valence-electron chi connectivity index (χ4n) is 3.41. The SMILES string of the molecule is CCC(C(=O)O)c1c(C)n(C(=O)c2ccc(F)c(F)c2)c2cc(F)c(O)cc12. The molecule has 5 nitrogen and oxygen atoms in total. The van der Waals surface area contributed by atoms with Crippen LogP contribution in [0.4, 0.5) is 13.2 Å². The van der Waals surface area contributed by atoms with Gasteiger partial charge in [0.2, 0.25) is 0 Å². The zero-order chi connectivity index (χ0) is 20.7. The summed E-state index contributed by atoms with van der Waals surface area (Å²) in [4.78, 5) is 24.7. The topological polar surface area (TPSA) is 79.5 Å². The van der Waals surface area contributed by atoms with Crippen molar-refractivity contribution in [1.82, 2.24) is 4.57 Å². The number of halogens is 3. The molecule has 0 aliphatic heterocycles. The molecule has 2 aromatic carbocycles. The maximum absolute atomic E-state index is 14.0. The van der Waals surface area contributed by atoms with Crippen molar-refractivity contribution in [1.29, 1.82) is 0 Å². The van der Waals surface area contributed by atoms with Gasteiger partial charge in [-0.05, 0) is 43.2 Å². The number of rotatable bonds is 4. The number of aromatic hydroxyl groups is 1. The van der Waals surface area contributed by atoms with Crippen molar-refractivity contribution in [3.05, 3.63) is 64.6 Å². The van der Waals surface area contributed by atoms with Crippen LogP contribution in [0.15, 0.2) is 30.3 Å². The number of aliphatic carboxylic acids is 1. The average Bonchev–Trinajstić information content (AvgIpc) is 2.89. The number of benzene rings is 2. The number of carboxylic acids is 1. The van der Waals surface area contributed by atoms with Gasteiger partial charge < -0.3 is 10.2 Å². The fraction of sp³-hybridized carbons (Fsp3) is 0.200. The summed E-state index contributed by atoms with van der Waals surface area (Å²) >= 11 is 0. The van der Waals surface area contributed by atoms with Crippen LogP contribution in [0.25, 0.3) is 10.9 Å². The van der Waals surface area contributed by atoms with Gasteiger partial charge in [-0.25, -0.2) is 13.2 Å². The lowest BCUT2D eigenvalue weighted by Crippen LogP contribution is -2.16. The van der Waals surface area contributed by atoms with Crippen LogP contribution >= 0.6 is 0 Å². The van der Waals surface area contributed by atoms with E-state index in [0.717, 1.165) is 28.8 Å². The quantitative estimate of drug-likeness (QED) is 0.694. The summed E-state index contributed by atoms with van der Waals surface area (Å²) in [6.07, 6.45) is 0.187. The van der Waals surface area contributed by atoms with Crippen LogP contribution in [0.2, 0.25) is 0 Å². The van der Waals surface area contributed by atoms with Crippen LogP contribution in [0.5, 0.6) is 5.75 Å². The monoisotopic (exact) mass is 391 g/mol. The van der Waals surface area contributed by atoms with E-state index >= 15 is 0 Å². The molecule has 3 rings (SSSR count). The molecule has 146 valence electrons. The molecule has 0 saturated carbocycles. The summed E-state index contributed by atoms with van der Waals surface area (Å²) < 4.78 is 41.8. The molecule has 0 saturated heterocycles. The molecule has 1 unspecified atom stereocenters. The van der Waals surface area contributed by atoms with Crippen LogP contribution in [-0.4, -0.2) is 26.7 Å². The van der Waals surface area contributed by atoms with Gasteiger partial charge in [-0.1, -0.05) is 6.92 Å². The van der Waals surface area contributed by atoms with Crippen LogP contribution < -0.4 is 0 Å². The highest BCUT2D eigenvalue weighted by molar-refractivity contribution is 6.05. The average molecular weight is 391 g/mol. The van der Waals surface area contributed by atoms with E-state index in [1.54, 1.807) is 6.92 Å². The molecule has 1 aromatic heterocycles. The van der Waals surface area contributed by atoms with Crippen LogP contribution in [0.3, 0.4) is 0 Å². The van der Waals surface area contributed by atoms with E-state index in [2.05, 4.69) is 0 Å². The molecule has 8 heteroatoms. The zero-order valence-electron chi connectivity index (χ0n) is 15.0. The largest absolute Gasteiger partial charge is 0.505 e. The minimum atomic E-state index is -1.22. The Kier molecular flexibility index (Phi) is 4.89. The minimum Gasteiger partial charge on any atom is -0.505 e. The summed E-state index contributed by atoms with van der Waals surface area (Å²) in [6, 6.07) is 4.56. The molecule has 3 aromatic rings. The van der Waals surface area contributed by atoms with Crippen molar-refractivity contribution < 1.29 is 33.0 Å². The molecule has 0 aliphatic carbocycles. The molecular weight excluding hydrogens is 375 g/mol. The Hall–Kier alpha value is -3.29. The van der Waals surface area contributed by atoms with Gasteiger partial charge in [0.05, 0.1) is 11.4 Å². The van der Waals surface area contributed by atoms with Crippen molar-refractivity contribution in [3.63, 3.8) is 0 Å². The van der Waals surface area contributed by atoms with Gasteiger partial charge >= 0.3 is 5.97 Å². The first-order chi connectivity index (χ1) is 13.2. The Bertz CT molecular complexity index is 1120. The maximum atomic E-state index is 14.0. The maximum Gasteiger partial charge on any atom is 0.311 e. The zero-order valence-corrected chi connectivity index (χ0v) is 15.0. The molecule has 28 heavy (non-hydrogen) atoms. The molecule has 0 radical (unpaired) electrons. The lowest BCUT2D eigenvalue weighted by Gasteiger charge is -2.12. The summed E-state index contributed by atoms with van der Waals surface area (Å²) in [5.41, 5.74) is 0.291. The first-order valence-electron chi connectivity index (χ1n) is 8.43. The Morgan fingerprint density at radius 1 is 1.07 bits per heavy atom. The number of fused-ring (bicyclic) bond motifs is 1. The third-order valence-electron chi connectivity index (χ3n) is 4.75. The highest BCUT2D eigenvalue weighted by atomic mass is 19.2. The van der Waals surface area contributed by atoms with E-state index in [0.29, 0.717) is 6.07 Å². The molecule has 1 heterocycles. The number of hydrogen-bond acceptors (Lipinski definition) is 3. The van der Waals surface area contributed by atoms with Crippen molar-refractivity contribution >= 4 is 22.8 Å². The number of aromatic nitrogens is 1. The van der Waals surface area contributed by atoms with Crippen LogP contribution in [0, 0.1) is 24.4 Å². The number of carbonyl (C=O) groups excluding carboxylic acids is 1. The second kappa shape index (κ2) is 7.03. The summed E-state index contributed by atoms with van der Waals surface area (Å²) in [7, 11) is 0. The first-order valence-corrected chi connectivity index (χ1v) is 8.43. The number of hydrogen-bond donors (Lipinski definition) is 2. The van der Waals surface area contributed by atoms with E-state index in [-0.39, 0.29) is 34.1 Å². The van der Waals surface area contributed by atoms with E-state index in [1.165, 1.54) is 6.92 Å². The van der Waals surface area contributed by atoms with Crippen molar-refractivity contribution in [2.75, 3.05) is 0 Å². The van der Waals surface area contributed by atoms with Gasteiger partial charge in [-0.2, -0.15) is 0 Å². The van der Waals surface area contributed by atoms with Crippen LogP contribution in [0.1, 0.15) is 40.9 Å². The van der Waals surface area contributed by atoms with Crippen molar-refractivity contribution in [2.45, 2.75) is 26.2 Å². The smallest absolute Gasteiger partial charge is 0.311 e. The molecule has 0 spiro atoms. The van der Waals surface area contributed by atoms with E-state index < -0.39 is 41.0 Å². The van der Waals surface area contributed by atoms with E-state index in [1.807, 2.05) is 0 Å². The second-order valence-electron chi connectivity index (χ2n) is 6.39. The van der Waals surface area contributed by atoms with Gasteiger partial charge in [0.25, 0.3) is 5.91 Å². The predicted octanol–water partition coefficient (Wildman–Crippen LogP) is 4.34. The van der Waals surface area contributed by atoms with Gasteiger partial charge in [-0.3, -0.25) is 14.2 Å². The molecule has 0 aliphatic rings. The normalized spacial score (nSPS) is 12.3. The summed E-state index contributed by atoms with van der Waals surface area (Å²) in [5.74, 6) is -6.97. The lowest BCUT2D eigenvalue weighted by atomic mass is 9.94. The summed E-state index contributed by atoms with van der Waals surface area (Å²) in [6.45, 7) is 3.12. The van der Waals surface area contributed by atoms with Crippen LogP contribution in [-0.2, 0) is 4.79 Å². The first kappa shape index (κ1) is 19.5. The number of carbonyl (C=O) groups is 2. The number of carboxylic acid groups (broad SMARTS) is 1. The van der Waals surface area contributed by atoms with Gasteiger partial charge in [0.1, 0.15) is 0 Å². The Labute approximate surface area is 157 Å². The molecule has 1 atom stereocenters. The second-order valence-corrected chi connectivity index (χ2v) is 6.39. The molecular formula is C20H16F3NO4. The number of phenolic OH excluding ortho intramolecular Hbond substituents is 1. The van der Waals surface area contributed by atoms with Gasteiger partial charge in [-0.15, -0.1) is 0 Å². The highest BCUT2D eigenvalue weighted by Gasteiger charge is 2.29.